The smallest absolute Gasteiger partial charge is 0.244 e. The lowest BCUT2D eigenvalue weighted by Gasteiger charge is -2.38. The summed E-state index contributed by atoms with van der Waals surface area (Å²) in [5.41, 5.74) is 0.140. The van der Waals surface area contributed by atoms with E-state index in [4.69, 9.17) is 11.6 Å². The maximum absolute atomic E-state index is 13.5. The summed E-state index contributed by atoms with van der Waals surface area (Å²) in [6.07, 6.45) is 0. The van der Waals surface area contributed by atoms with Crippen LogP contribution in [0.3, 0.4) is 0 Å². The molecule has 1 atom stereocenters. The highest BCUT2D eigenvalue weighted by molar-refractivity contribution is 7.89. The van der Waals surface area contributed by atoms with Crippen LogP contribution in [0.5, 0.6) is 0 Å². The monoisotopic (exact) mass is 537 g/mol. The van der Waals surface area contributed by atoms with Crippen LogP contribution in [-0.4, -0.2) is 57.0 Å². The maximum Gasteiger partial charge on any atom is 0.244 e. The second-order valence-corrected chi connectivity index (χ2v) is 12.0. The number of hydrogen-bond acceptors (Lipinski definition) is 5. The quantitative estimate of drug-likeness (QED) is 0.520. The molecule has 0 spiro atoms. The van der Waals surface area contributed by atoms with Crippen molar-refractivity contribution in [3.8, 4) is 0 Å². The highest BCUT2D eigenvalue weighted by atomic mass is 35.5. The van der Waals surface area contributed by atoms with Crippen LogP contribution in [0, 0.1) is 5.82 Å². The number of carbonyl (C=O) groups excluding carboxylic acids is 1. The number of halogens is 2. The van der Waals surface area contributed by atoms with Gasteiger partial charge >= 0.3 is 0 Å². The van der Waals surface area contributed by atoms with Crippen LogP contribution in [0.2, 0.25) is 5.02 Å². The van der Waals surface area contributed by atoms with Gasteiger partial charge in [-0.15, -0.1) is 0 Å². The third-order valence-electron chi connectivity index (χ3n) is 5.51. The van der Waals surface area contributed by atoms with Crippen molar-refractivity contribution in [1.82, 2.24) is 8.61 Å². The zero-order chi connectivity index (χ0) is 25.2. The minimum Gasteiger partial charge on any atom is -0.325 e. The van der Waals surface area contributed by atoms with E-state index in [1.54, 1.807) is 36.4 Å². The lowest BCUT2D eigenvalue weighted by atomic mass is 10.2. The van der Waals surface area contributed by atoms with E-state index in [9.17, 15) is 26.0 Å². The van der Waals surface area contributed by atoms with Crippen molar-refractivity contribution in [2.24, 2.45) is 0 Å². The van der Waals surface area contributed by atoms with Crippen molar-refractivity contribution < 1.29 is 26.0 Å². The van der Waals surface area contributed by atoms with Gasteiger partial charge < -0.3 is 5.32 Å². The SMILES string of the molecule is O=C(Nc1ccc(F)c(Cl)c1)[C@H]1CN(S(=O)(=O)c2ccccc2)CCN1S(=O)(=O)c1ccccc1. The number of nitrogens with one attached hydrogen (secondary N) is 1. The van der Waals surface area contributed by atoms with E-state index in [2.05, 4.69) is 5.32 Å². The fourth-order valence-electron chi connectivity index (χ4n) is 3.73. The second kappa shape index (κ2) is 10.0. The van der Waals surface area contributed by atoms with Crippen molar-refractivity contribution in [3.05, 3.63) is 89.7 Å². The van der Waals surface area contributed by atoms with Gasteiger partial charge in [0.25, 0.3) is 0 Å². The van der Waals surface area contributed by atoms with Crippen molar-refractivity contribution >= 4 is 43.2 Å². The molecule has 1 amide bonds. The number of benzene rings is 3. The minimum absolute atomic E-state index is 0.0259. The Kier molecular flexibility index (Phi) is 7.25. The molecule has 1 aliphatic rings. The van der Waals surface area contributed by atoms with Crippen LogP contribution in [0.15, 0.2) is 88.7 Å². The molecule has 1 fully saturated rings. The molecule has 3 aromatic rings. The number of sulfonamides is 2. The highest BCUT2D eigenvalue weighted by Gasteiger charge is 2.43. The fourth-order valence-corrected chi connectivity index (χ4v) is 6.96. The third kappa shape index (κ3) is 5.24. The van der Waals surface area contributed by atoms with E-state index in [1.165, 1.54) is 36.4 Å². The Bertz CT molecular complexity index is 1440. The molecule has 0 saturated carbocycles. The number of rotatable bonds is 6. The van der Waals surface area contributed by atoms with Gasteiger partial charge in [-0.05, 0) is 42.5 Å². The van der Waals surface area contributed by atoms with Gasteiger partial charge in [0.05, 0.1) is 14.8 Å². The van der Waals surface area contributed by atoms with Crippen LogP contribution >= 0.6 is 11.6 Å². The molecule has 1 aliphatic heterocycles. The Hall–Kier alpha value is -2.83. The number of anilines is 1. The molecule has 1 N–H and O–H groups in total. The molecule has 35 heavy (non-hydrogen) atoms. The number of piperazine rings is 1. The topological polar surface area (TPSA) is 104 Å². The van der Waals surface area contributed by atoms with Gasteiger partial charge in [-0.3, -0.25) is 4.79 Å². The molecule has 12 heteroatoms. The van der Waals surface area contributed by atoms with Crippen molar-refractivity contribution in [3.63, 3.8) is 0 Å². The highest BCUT2D eigenvalue weighted by Crippen LogP contribution is 2.27. The van der Waals surface area contributed by atoms with Gasteiger partial charge in [0.1, 0.15) is 11.9 Å². The summed E-state index contributed by atoms with van der Waals surface area (Å²) >= 11 is 5.80. The lowest BCUT2D eigenvalue weighted by Crippen LogP contribution is -2.60. The van der Waals surface area contributed by atoms with Gasteiger partial charge in [-0.1, -0.05) is 48.0 Å². The Morgan fingerprint density at radius 2 is 1.43 bits per heavy atom. The van der Waals surface area contributed by atoms with Crippen LogP contribution in [-0.2, 0) is 24.8 Å². The van der Waals surface area contributed by atoms with E-state index >= 15 is 0 Å². The first-order chi connectivity index (χ1) is 16.6. The standard InChI is InChI=1S/C23H21ClFN3O5S2/c24-20-15-17(11-12-21(20)25)26-23(29)22-16-27(34(30,31)18-7-3-1-4-8-18)13-14-28(22)35(32,33)19-9-5-2-6-10-19/h1-12,15,22H,13-14,16H2,(H,26,29)/t22-/m1/s1. The number of nitrogens with zero attached hydrogens (tertiary/aromatic N) is 2. The van der Waals surface area contributed by atoms with E-state index in [0.717, 1.165) is 14.7 Å². The van der Waals surface area contributed by atoms with Gasteiger partial charge in [0.2, 0.25) is 26.0 Å². The van der Waals surface area contributed by atoms with E-state index in [1.807, 2.05) is 0 Å². The first-order valence-electron chi connectivity index (χ1n) is 10.5. The summed E-state index contributed by atoms with van der Waals surface area (Å²) in [5.74, 6) is -1.46. The van der Waals surface area contributed by atoms with Gasteiger partial charge in [-0.25, -0.2) is 21.2 Å². The molecular weight excluding hydrogens is 517 g/mol. The molecule has 3 aromatic carbocycles. The molecule has 4 rings (SSSR count). The maximum atomic E-state index is 13.5. The summed E-state index contributed by atoms with van der Waals surface area (Å²) in [7, 11) is -8.12. The largest absolute Gasteiger partial charge is 0.325 e. The van der Waals surface area contributed by atoms with Gasteiger partial charge in [0, 0.05) is 25.3 Å². The molecule has 0 aliphatic carbocycles. The average Bonchev–Trinajstić information content (AvgIpc) is 2.87. The van der Waals surface area contributed by atoms with Crippen LogP contribution in [0.1, 0.15) is 0 Å². The van der Waals surface area contributed by atoms with Crippen molar-refractivity contribution in [2.75, 3.05) is 25.0 Å². The molecule has 184 valence electrons. The fraction of sp³-hybridized carbons (Fsp3) is 0.174. The molecule has 0 unspecified atom stereocenters. The zero-order valence-corrected chi connectivity index (χ0v) is 20.6. The summed E-state index contributed by atoms with van der Waals surface area (Å²) in [6.45, 7) is -0.801. The molecule has 0 radical (unpaired) electrons. The second-order valence-electron chi connectivity index (χ2n) is 7.74. The normalized spacial score (nSPS) is 17.7. The van der Waals surface area contributed by atoms with Crippen LogP contribution in [0.25, 0.3) is 0 Å². The van der Waals surface area contributed by atoms with Crippen molar-refractivity contribution in [2.45, 2.75) is 15.8 Å². The van der Waals surface area contributed by atoms with E-state index < -0.39 is 44.4 Å². The summed E-state index contributed by atoms with van der Waals surface area (Å²) in [4.78, 5) is 13.3. The van der Waals surface area contributed by atoms with E-state index in [0.29, 0.717) is 0 Å². The lowest BCUT2D eigenvalue weighted by molar-refractivity contribution is -0.120. The zero-order valence-electron chi connectivity index (χ0n) is 18.2. The number of carbonyl (C=O) groups is 1. The summed E-state index contributed by atoms with van der Waals surface area (Å²) < 4.78 is 68.8. The Labute approximate surface area is 208 Å². The molecule has 0 bridgehead atoms. The minimum atomic E-state index is -4.13. The molecule has 0 aromatic heterocycles. The van der Waals surface area contributed by atoms with Crippen molar-refractivity contribution in [1.29, 1.82) is 0 Å². The average molecular weight is 538 g/mol. The predicted octanol–water partition coefficient (Wildman–Crippen LogP) is 3.18. The Balaban J connectivity index is 1.69. The number of hydrogen-bond donors (Lipinski definition) is 1. The third-order valence-corrected chi connectivity index (χ3v) is 9.61. The molecule has 8 nitrogen and oxygen atoms in total. The summed E-state index contributed by atoms with van der Waals surface area (Å²) in [6, 6.07) is 17.4. The van der Waals surface area contributed by atoms with Crippen LogP contribution in [0.4, 0.5) is 10.1 Å². The molecule has 1 saturated heterocycles. The van der Waals surface area contributed by atoms with Gasteiger partial charge in [-0.2, -0.15) is 8.61 Å². The predicted molar refractivity (Wildman–Crippen MR) is 129 cm³/mol. The Morgan fingerprint density at radius 3 is 2.00 bits per heavy atom. The van der Waals surface area contributed by atoms with E-state index in [-0.39, 0.29) is 33.6 Å². The van der Waals surface area contributed by atoms with Crippen LogP contribution < -0.4 is 5.32 Å². The number of amides is 1. The molecule has 1 heterocycles. The Morgan fingerprint density at radius 1 is 0.857 bits per heavy atom. The van der Waals surface area contributed by atoms with Gasteiger partial charge in [0.15, 0.2) is 0 Å². The summed E-state index contributed by atoms with van der Waals surface area (Å²) in [5, 5.41) is 2.30. The first kappa shape index (κ1) is 25.3. The molecular formula is C23H21ClFN3O5S2. The first-order valence-corrected chi connectivity index (χ1v) is 13.7.